The van der Waals surface area contributed by atoms with Gasteiger partial charge in [0, 0.05) is 25.1 Å². The molecule has 0 fully saturated rings. The summed E-state index contributed by atoms with van der Waals surface area (Å²) in [5.74, 6) is 0.0931. The molecule has 2 rings (SSSR count). The maximum Gasteiger partial charge on any atom is 0.305 e. The Bertz CT molecular complexity index is 645. The van der Waals surface area contributed by atoms with Gasteiger partial charge in [-0.05, 0) is 24.6 Å². The van der Waals surface area contributed by atoms with Gasteiger partial charge in [0.05, 0.1) is 12.8 Å². The fraction of sp³-hybridized carbons (Fsp3) is 0.421. The smallest absolute Gasteiger partial charge is 0.305 e. The first-order valence-electron chi connectivity index (χ1n) is 8.40. The summed E-state index contributed by atoms with van der Waals surface area (Å²) in [5, 5.41) is 10.2. The van der Waals surface area contributed by atoms with Gasteiger partial charge < -0.3 is 14.3 Å². The van der Waals surface area contributed by atoms with E-state index in [9.17, 15) is 14.3 Å². The van der Waals surface area contributed by atoms with E-state index in [0.717, 1.165) is 0 Å². The highest BCUT2D eigenvalue weighted by atomic mass is 19.1. The molecule has 5 nitrogen and oxygen atoms in total. The molecule has 0 saturated heterocycles. The number of rotatable bonds is 10. The highest BCUT2D eigenvalue weighted by molar-refractivity contribution is 5.69. The van der Waals surface area contributed by atoms with Gasteiger partial charge in [-0.2, -0.15) is 0 Å². The van der Waals surface area contributed by atoms with E-state index in [-0.39, 0.29) is 24.9 Å². The largest absolute Gasteiger partial charge is 0.468 e. The Hall–Kier alpha value is -2.18. The zero-order chi connectivity index (χ0) is 18.1. The maximum absolute atomic E-state index is 13.9. The van der Waals surface area contributed by atoms with Gasteiger partial charge in [0.25, 0.3) is 0 Å². The average Bonchev–Trinajstić information content (AvgIpc) is 3.08. The highest BCUT2D eigenvalue weighted by Crippen LogP contribution is 2.14. The highest BCUT2D eigenvalue weighted by Gasteiger charge is 2.17. The fourth-order valence-electron chi connectivity index (χ4n) is 2.49. The molecule has 1 heterocycles. The summed E-state index contributed by atoms with van der Waals surface area (Å²) in [6.07, 6.45) is 1.74. The molecule has 136 valence electrons. The average molecular weight is 349 g/mol. The van der Waals surface area contributed by atoms with Crippen molar-refractivity contribution in [3.05, 3.63) is 59.8 Å². The van der Waals surface area contributed by atoms with E-state index in [1.807, 2.05) is 17.9 Å². The maximum atomic E-state index is 13.9. The van der Waals surface area contributed by atoms with Crippen LogP contribution in [0.5, 0.6) is 0 Å². The lowest BCUT2D eigenvalue weighted by Gasteiger charge is -2.24. The molecule has 0 bridgehead atoms. The van der Waals surface area contributed by atoms with Crippen molar-refractivity contribution in [3.63, 3.8) is 0 Å². The normalized spacial score (nSPS) is 12.3. The predicted octanol–water partition coefficient (Wildman–Crippen LogP) is 3.13. The molecule has 0 radical (unpaired) electrons. The third-order valence-corrected chi connectivity index (χ3v) is 3.67. The zero-order valence-corrected chi connectivity index (χ0v) is 14.4. The molecule has 0 aliphatic rings. The molecule has 1 aromatic carbocycles. The van der Waals surface area contributed by atoms with E-state index >= 15 is 0 Å². The second-order valence-electron chi connectivity index (χ2n) is 5.93. The molecular formula is C19H24FNO4. The Kier molecular flexibility index (Phi) is 7.63. The third-order valence-electron chi connectivity index (χ3n) is 3.67. The number of hydrogen-bond donors (Lipinski definition) is 1. The van der Waals surface area contributed by atoms with Crippen molar-refractivity contribution >= 4 is 5.97 Å². The van der Waals surface area contributed by atoms with Crippen molar-refractivity contribution in [1.82, 2.24) is 4.90 Å². The Labute approximate surface area is 147 Å². The quantitative estimate of drug-likeness (QED) is 0.668. The molecular weight excluding hydrogens is 325 g/mol. The molecule has 2 aromatic rings. The first-order valence-corrected chi connectivity index (χ1v) is 8.40. The van der Waals surface area contributed by atoms with E-state index in [0.29, 0.717) is 37.3 Å². The van der Waals surface area contributed by atoms with Crippen LogP contribution in [-0.2, 0) is 22.6 Å². The molecule has 0 aliphatic carbocycles. The molecule has 0 amide bonds. The number of benzene rings is 1. The van der Waals surface area contributed by atoms with Crippen LogP contribution in [0.15, 0.2) is 47.1 Å². The van der Waals surface area contributed by atoms with Gasteiger partial charge in [0.15, 0.2) is 0 Å². The van der Waals surface area contributed by atoms with E-state index in [2.05, 4.69) is 0 Å². The predicted molar refractivity (Wildman–Crippen MR) is 91.1 cm³/mol. The Balaban J connectivity index is 1.96. The summed E-state index contributed by atoms with van der Waals surface area (Å²) in [7, 11) is 0. The molecule has 1 N–H and O–H groups in total. The number of carbonyl (C=O) groups excluding carboxylic acids is 1. The Morgan fingerprint density at radius 3 is 2.76 bits per heavy atom. The van der Waals surface area contributed by atoms with Gasteiger partial charge >= 0.3 is 5.97 Å². The molecule has 0 saturated carbocycles. The van der Waals surface area contributed by atoms with Crippen LogP contribution >= 0.6 is 0 Å². The zero-order valence-electron chi connectivity index (χ0n) is 14.4. The lowest BCUT2D eigenvalue weighted by atomic mass is 10.2. The third kappa shape index (κ3) is 6.68. The number of furan rings is 1. The number of esters is 1. The first kappa shape index (κ1) is 19.1. The monoisotopic (exact) mass is 349 g/mol. The first-order chi connectivity index (χ1) is 12.1. The van der Waals surface area contributed by atoms with Crippen LogP contribution in [0.4, 0.5) is 4.39 Å². The number of carbonyl (C=O) groups is 1. The summed E-state index contributed by atoms with van der Waals surface area (Å²) >= 11 is 0. The van der Waals surface area contributed by atoms with Crippen LogP contribution in [0.1, 0.15) is 31.1 Å². The minimum atomic E-state index is -0.859. The van der Waals surface area contributed by atoms with Crippen LogP contribution in [0.3, 0.4) is 0 Å². The standard InChI is InChI=1S/C19H24FNO4/c1-2-6-19(23)25-14-16(22)12-21(13-17-8-5-10-24-17)11-15-7-3-4-9-18(15)20/h3-5,7-10,16,22H,2,6,11-14H2,1H3/t16-/m0/s1. The van der Waals surface area contributed by atoms with Crippen molar-refractivity contribution in [2.24, 2.45) is 0 Å². The molecule has 1 aromatic heterocycles. The topological polar surface area (TPSA) is 62.9 Å². The number of aliphatic hydroxyl groups excluding tert-OH is 1. The molecule has 6 heteroatoms. The van der Waals surface area contributed by atoms with Crippen molar-refractivity contribution in [3.8, 4) is 0 Å². The summed E-state index contributed by atoms with van der Waals surface area (Å²) in [6.45, 7) is 2.77. The van der Waals surface area contributed by atoms with Crippen LogP contribution in [-0.4, -0.2) is 35.2 Å². The summed E-state index contributed by atoms with van der Waals surface area (Å²) < 4.78 is 24.3. The Morgan fingerprint density at radius 2 is 2.08 bits per heavy atom. The van der Waals surface area contributed by atoms with Gasteiger partial charge in [0.2, 0.25) is 0 Å². The molecule has 0 aliphatic heterocycles. The van der Waals surface area contributed by atoms with Crippen LogP contribution in [0, 0.1) is 5.82 Å². The fourth-order valence-corrected chi connectivity index (χ4v) is 2.49. The van der Waals surface area contributed by atoms with Gasteiger partial charge in [-0.25, -0.2) is 4.39 Å². The van der Waals surface area contributed by atoms with Gasteiger partial charge in [-0.15, -0.1) is 0 Å². The second-order valence-corrected chi connectivity index (χ2v) is 5.93. The minimum Gasteiger partial charge on any atom is -0.468 e. The van der Waals surface area contributed by atoms with Crippen LogP contribution in [0.25, 0.3) is 0 Å². The van der Waals surface area contributed by atoms with Crippen LogP contribution in [0.2, 0.25) is 0 Å². The molecule has 0 unspecified atom stereocenters. The second kappa shape index (κ2) is 9.96. The Morgan fingerprint density at radius 1 is 1.28 bits per heavy atom. The van der Waals surface area contributed by atoms with Crippen molar-refractivity contribution in [2.45, 2.75) is 39.0 Å². The number of hydrogen-bond acceptors (Lipinski definition) is 5. The van der Waals surface area contributed by atoms with Crippen molar-refractivity contribution in [1.29, 1.82) is 0 Å². The molecule has 25 heavy (non-hydrogen) atoms. The summed E-state index contributed by atoms with van der Waals surface area (Å²) in [6, 6.07) is 10.1. The van der Waals surface area contributed by atoms with Crippen LogP contribution < -0.4 is 0 Å². The number of halogens is 1. The summed E-state index contributed by atoms with van der Waals surface area (Å²) in [5.41, 5.74) is 0.532. The van der Waals surface area contributed by atoms with Gasteiger partial charge in [-0.3, -0.25) is 9.69 Å². The van der Waals surface area contributed by atoms with Gasteiger partial charge in [0.1, 0.15) is 24.3 Å². The van der Waals surface area contributed by atoms with Crippen molar-refractivity contribution < 1.29 is 23.4 Å². The van der Waals surface area contributed by atoms with E-state index in [1.54, 1.807) is 30.5 Å². The van der Waals surface area contributed by atoms with E-state index in [4.69, 9.17) is 9.15 Å². The number of aliphatic hydroxyl groups is 1. The van der Waals surface area contributed by atoms with E-state index in [1.165, 1.54) is 6.07 Å². The lowest BCUT2D eigenvalue weighted by Crippen LogP contribution is -2.35. The lowest BCUT2D eigenvalue weighted by molar-refractivity contribution is -0.147. The minimum absolute atomic E-state index is 0.0786. The number of ether oxygens (including phenoxy) is 1. The molecule has 0 spiro atoms. The van der Waals surface area contributed by atoms with Gasteiger partial charge in [-0.1, -0.05) is 25.1 Å². The molecule has 1 atom stereocenters. The van der Waals surface area contributed by atoms with Crippen molar-refractivity contribution in [2.75, 3.05) is 13.2 Å². The van der Waals surface area contributed by atoms with E-state index < -0.39 is 6.10 Å². The SMILES string of the molecule is CCCC(=O)OC[C@@H](O)CN(Cc1ccco1)Cc1ccccc1F. The summed E-state index contributed by atoms with van der Waals surface area (Å²) in [4.78, 5) is 13.3. The number of nitrogens with zero attached hydrogens (tertiary/aromatic N) is 1.